The smallest absolute Gasteiger partial charge is 0.271 e. The molecule has 2 heterocycles. The van der Waals surface area contributed by atoms with Gasteiger partial charge in [-0.25, -0.2) is 0 Å². The van der Waals surface area contributed by atoms with Gasteiger partial charge in [0, 0.05) is 19.6 Å². The molecule has 1 unspecified atom stereocenters. The number of aromatic nitrogens is 2. The third-order valence-corrected chi connectivity index (χ3v) is 3.65. The third kappa shape index (κ3) is 2.33. The predicted octanol–water partition coefficient (Wildman–Crippen LogP) is 0.135. The van der Waals surface area contributed by atoms with Crippen LogP contribution >= 0.6 is 0 Å². The first-order valence-corrected chi connectivity index (χ1v) is 6.28. The zero-order chi connectivity index (χ0) is 13.3. The molecule has 0 radical (unpaired) electrons. The Bertz CT molecular complexity index is 454. The molecule has 0 aliphatic carbocycles. The van der Waals surface area contributed by atoms with Crippen molar-refractivity contribution >= 4 is 11.6 Å². The molecule has 1 saturated heterocycles. The van der Waals surface area contributed by atoms with Crippen molar-refractivity contribution in [2.45, 2.75) is 25.8 Å². The minimum Gasteiger partial charge on any atom is -0.395 e. The van der Waals surface area contributed by atoms with Gasteiger partial charge in [-0.3, -0.25) is 9.48 Å². The highest BCUT2D eigenvalue weighted by Gasteiger charge is 2.23. The Hall–Kier alpha value is -1.56. The highest BCUT2D eigenvalue weighted by Crippen LogP contribution is 2.16. The maximum Gasteiger partial charge on any atom is 0.271 e. The minimum absolute atomic E-state index is 0.143. The number of likely N-dealkylation sites (tertiary alicyclic amines) is 1. The number of likely N-dealkylation sites (N-methyl/N-ethyl adjacent to an activating group) is 1. The normalized spacial score (nSPS) is 20.3. The quantitative estimate of drug-likeness (QED) is 0.801. The number of nitrogens with one attached hydrogen (secondary N) is 1. The summed E-state index contributed by atoms with van der Waals surface area (Å²) in [5.41, 5.74) is 7.48. The summed E-state index contributed by atoms with van der Waals surface area (Å²) in [6, 6.07) is 0.435. The standard InChI is InChI=1S/C12H21N5O/c1-8-10(13)11(17(3)15-8)12(18)14-7-9-5-4-6-16(9)2/h9H,4-7,13H2,1-3H3,(H,14,18). The molecule has 0 aromatic carbocycles. The van der Waals surface area contributed by atoms with Gasteiger partial charge in [-0.05, 0) is 33.4 Å². The minimum atomic E-state index is -0.143. The molecular weight excluding hydrogens is 230 g/mol. The lowest BCUT2D eigenvalue weighted by molar-refractivity contribution is 0.0935. The van der Waals surface area contributed by atoms with E-state index in [0.29, 0.717) is 29.7 Å². The van der Waals surface area contributed by atoms with Gasteiger partial charge < -0.3 is 16.0 Å². The Morgan fingerprint density at radius 2 is 2.28 bits per heavy atom. The highest BCUT2D eigenvalue weighted by molar-refractivity contribution is 5.97. The van der Waals surface area contributed by atoms with Crippen LogP contribution in [0.3, 0.4) is 0 Å². The van der Waals surface area contributed by atoms with Gasteiger partial charge >= 0.3 is 0 Å². The number of hydrogen-bond donors (Lipinski definition) is 2. The first-order valence-electron chi connectivity index (χ1n) is 6.28. The Morgan fingerprint density at radius 1 is 1.56 bits per heavy atom. The summed E-state index contributed by atoms with van der Waals surface area (Å²) in [6.07, 6.45) is 2.33. The molecule has 1 aromatic rings. The summed E-state index contributed by atoms with van der Waals surface area (Å²) in [5, 5.41) is 7.09. The monoisotopic (exact) mass is 251 g/mol. The summed E-state index contributed by atoms with van der Waals surface area (Å²) >= 11 is 0. The van der Waals surface area contributed by atoms with Crippen LogP contribution in [-0.4, -0.2) is 46.8 Å². The van der Waals surface area contributed by atoms with Crippen molar-refractivity contribution in [1.82, 2.24) is 20.0 Å². The summed E-state index contributed by atoms with van der Waals surface area (Å²) in [4.78, 5) is 14.4. The van der Waals surface area contributed by atoms with Crippen molar-refractivity contribution in [3.05, 3.63) is 11.4 Å². The number of nitrogens with zero attached hydrogens (tertiary/aromatic N) is 3. The molecule has 6 nitrogen and oxygen atoms in total. The van der Waals surface area contributed by atoms with Crippen LogP contribution in [0.5, 0.6) is 0 Å². The summed E-state index contributed by atoms with van der Waals surface area (Å²) in [5.74, 6) is -0.143. The fourth-order valence-electron chi connectivity index (χ4n) is 2.48. The first-order chi connectivity index (χ1) is 8.50. The van der Waals surface area contributed by atoms with Crippen LogP contribution in [0.4, 0.5) is 5.69 Å². The Morgan fingerprint density at radius 3 is 2.78 bits per heavy atom. The van der Waals surface area contributed by atoms with Gasteiger partial charge in [-0.15, -0.1) is 0 Å². The zero-order valence-corrected chi connectivity index (χ0v) is 11.2. The topological polar surface area (TPSA) is 76.2 Å². The number of amides is 1. The van der Waals surface area contributed by atoms with Gasteiger partial charge in [0.05, 0.1) is 11.4 Å². The van der Waals surface area contributed by atoms with Crippen molar-refractivity contribution in [3.8, 4) is 0 Å². The van der Waals surface area contributed by atoms with Crippen LogP contribution in [0.15, 0.2) is 0 Å². The molecule has 100 valence electrons. The molecule has 1 atom stereocenters. The van der Waals surface area contributed by atoms with Crippen LogP contribution in [0.25, 0.3) is 0 Å². The number of hydrogen-bond acceptors (Lipinski definition) is 4. The van der Waals surface area contributed by atoms with Crippen LogP contribution < -0.4 is 11.1 Å². The van der Waals surface area contributed by atoms with Gasteiger partial charge in [0.1, 0.15) is 5.69 Å². The van der Waals surface area contributed by atoms with E-state index in [1.54, 1.807) is 18.7 Å². The molecule has 1 amide bonds. The van der Waals surface area contributed by atoms with E-state index < -0.39 is 0 Å². The second kappa shape index (κ2) is 4.97. The van der Waals surface area contributed by atoms with E-state index in [1.807, 2.05) is 0 Å². The van der Waals surface area contributed by atoms with Gasteiger partial charge in [0.2, 0.25) is 0 Å². The average molecular weight is 251 g/mol. The summed E-state index contributed by atoms with van der Waals surface area (Å²) in [6.45, 7) is 3.57. The number of anilines is 1. The number of nitrogens with two attached hydrogens (primary N) is 1. The SMILES string of the molecule is Cc1nn(C)c(C(=O)NCC2CCCN2C)c1N. The maximum absolute atomic E-state index is 12.1. The Kier molecular flexibility index (Phi) is 3.56. The molecule has 0 spiro atoms. The number of rotatable bonds is 3. The van der Waals surface area contributed by atoms with Crippen molar-refractivity contribution in [2.75, 3.05) is 25.9 Å². The Balaban J connectivity index is 1.99. The van der Waals surface area contributed by atoms with E-state index in [1.165, 1.54) is 6.42 Å². The summed E-state index contributed by atoms with van der Waals surface area (Å²) < 4.78 is 1.54. The van der Waals surface area contributed by atoms with Crippen molar-refractivity contribution < 1.29 is 4.79 Å². The predicted molar refractivity (Wildman–Crippen MR) is 70.3 cm³/mol. The van der Waals surface area contributed by atoms with Crippen molar-refractivity contribution in [3.63, 3.8) is 0 Å². The molecule has 0 saturated carbocycles. The van der Waals surface area contributed by atoms with E-state index in [0.717, 1.165) is 13.0 Å². The molecular formula is C12H21N5O. The third-order valence-electron chi connectivity index (χ3n) is 3.65. The van der Waals surface area contributed by atoms with Crippen LogP contribution in [0.2, 0.25) is 0 Å². The molecule has 1 aliphatic rings. The first kappa shape index (κ1) is 12.9. The molecule has 1 aromatic heterocycles. The molecule has 6 heteroatoms. The van der Waals surface area contributed by atoms with Crippen LogP contribution in [0, 0.1) is 6.92 Å². The molecule has 3 N–H and O–H groups in total. The van der Waals surface area contributed by atoms with E-state index in [9.17, 15) is 4.79 Å². The number of aryl methyl sites for hydroxylation is 2. The fraction of sp³-hybridized carbons (Fsp3) is 0.667. The van der Waals surface area contributed by atoms with E-state index in [-0.39, 0.29) is 5.91 Å². The maximum atomic E-state index is 12.1. The van der Waals surface area contributed by atoms with E-state index in [4.69, 9.17) is 5.73 Å². The average Bonchev–Trinajstić information content (AvgIpc) is 2.81. The van der Waals surface area contributed by atoms with E-state index in [2.05, 4.69) is 22.4 Å². The second-order valence-corrected chi connectivity index (χ2v) is 4.96. The van der Waals surface area contributed by atoms with E-state index >= 15 is 0 Å². The van der Waals surface area contributed by atoms with Crippen LogP contribution in [0.1, 0.15) is 29.0 Å². The van der Waals surface area contributed by atoms with Gasteiger partial charge in [0.15, 0.2) is 0 Å². The van der Waals surface area contributed by atoms with Gasteiger partial charge in [-0.2, -0.15) is 5.10 Å². The van der Waals surface area contributed by atoms with Crippen LogP contribution in [-0.2, 0) is 7.05 Å². The molecule has 1 fully saturated rings. The zero-order valence-electron chi connectivity index (χ0n) is 11.2. The highest BCUT2D eigenvalue weighted by atomic mass is 16.2. The fourth-order valence-corrected chi connectivity index (χ4v) is 2.48. The number of carbonyl (C=O) groups excluding carboxylic acids is 1. The largest absolute Gasteiger partial charge is 0.395 e. The number of carbonyl (C=O) groups is 1. The molecule has 1 aliphatic heterocycles. The molecule has 0 bridgehead atoms. The molecule has 2 rings (SSSR count). The lowest BCUT2D eigenvalue weighted by atomic mass is 10.2. The second-order valence-electron chi connectivity index (χ2n) is 4.96. The lowest BCUT2D eigenvalue weighted by Gasteiger charge is -2.19. The molecule has 18 heavy (non-hydrogen) atoms. The summed E-state index contributed by atoms with van der Waals surface area (Å²) in [7, 11) is 3.83. The van der Waals surface area contributed by atoms with Crippen molar-refractivity contribution in [2.24, 2.45) is 7.05 Å². The Labute approximate surface area is 107 Å². The van der Waals surface area contributed by atoms with Gasteiger partial charge in [-0.1, -0.05) is 0 Å². The van der Waals surface area contributed by atoms with Gasteiger partial charge in [0.25, 0.3) is 5.91 Å². The van der Waals surface area contributed by atoms with Crippen molar-refractivity contribution in [1.29, 1.82) is 0 Å². The lowest BCUT2D eigenvalue weighted by Crippen LogP contribution is -2.39. The number of nitrogen functional groups attached to an aromatic ring is 1.